The van der Waals surface area contributed by atoms with Crippen LogP contribution in [0.4, 0.5) is 0 Å². The van der Waals surface area contributed by atoms with Gasteiger partial charge >= 0.3 is 0 Å². The normalized spacial score (nSPS) is 14.2. The topological polar surface area (TPSA) is 67.8 Å². The first-order chi connectivity index (χ1) is 19.6. The van der Waals surface area contributed by atoms with Crippen LogP contribution < -0.4 is 10.6 Å². The molecule has 0 heterocycles. The van der Waals surface area contributed by atoms with E-state index in [1.54, 1.807) is 0 Å². The van der Waals surface area contributed by atoms with Crippen LogP contribution in [0.2, 0.25) is 0 Å². The number of hydrogen-bond acceptors (Lipinski definition) is 5. The molecule has 0 aromatic rings. The smallest absolute Gasteiger partial charge is 0.0664 e. The van der Waals surface area contributed by atoms with Gasteiger partial charge in [0.05, 0.1) is 12.2 Å². The van der Waals surface area contributed by atoms with Crippen molar-refractivity contribution in [2.45, 2.75) is 129 Å². The summed E-state index contributed by atoms with van der Waals surface area (Å²) in [5.74, 6) is 0. The summed E-state index contributed by atoms with van der Waals surface area (Å²) in [4.78, 5) is 2.29. The third-order valence-electron chi connectivity index (χ3n) is 7.04. The number of aliphatic hydroxyl groups excluding tert-OH is 2. The Morgan fingerprint density at radius 3 is 1.35 bits per heavy atom. The number of unbranched alkanes of at least 4 members (excludes halogenated alkanes) is 8. The summed E-state index contributed by atoms with van der Waals surface area (Å²) in [6.07, 6.45) is 35.6. The van der Waals surface area contributed by atoms with Gasteiger partial charge in [-0.05, 0) is 71.3 Å². The third kappa shape index (κ3) is 31.3. The second kappa shape index (κ2) is 32.3. The Labute approximate surface area is 249 Å². The number of aliphatic hydroxyl groups is 2. The minimum absolute atomic E-state index is 0.248. The van der Waals surface area contributed by atoms with Crippen LogP contribution in [0, 0.1) is 0 Å². The number of nitrogens with one attached hydrogen (secondary N) is 2. The molecule has 0 aromatic heterocycles. The first-order valence-corrected chi connectivity index (χ1v) is 16.7. The zero-order chi connectivity index (χ0) is 29.4. The fraction of sp³-hybridized carbons (Fsp3) is 0.771. The molecule has 0 saturated heterocycles. The van der Waals surface area contributed by atoms with Gasteiger partial charge in [-0.25, -0.2) is 0 Å². The maximum atomic E-state index is 10.2. The molecule has 0 aliphatic rings. The lowest BCUT2D eigenvalue weighted by atomic mass is 10.1. The molecule has 4 N–H and O–H groups in total. The van der Waals surface area contributed by atoms with Crippen molar-refractivity contribution in [2.75, 3.05) is 46.3 Å². The van der Waals surface area contributed by atoms with E-state index in [0.717, 1.165) is 77.5 Å². The summed E-state index contributed by atoms with van der Waals surface area (Å²) < 4.78 is 0. The zero-order valence-corrected chi connectivity index (χ0v) is 26.7. The molecule has 0 spiro atoms. The van der Waals surface area contributed by atoms with Crippen LogP contribution in [0.15, 0.2) is 48.6 Å². The zero-order valence-electron chi connectivity index (χ0n) is 26.7. The predicted molar refractivity (Wildman–Crippen MR) is 177 cm³/mol. The molecular weight excluding hydrogens is 494 g/mol. The van der Waals surface area contributed by atoms with E-state index in [1.165, 1.54) is 51.4 Å². The fourth-order valence-electron chi connectivity index (χ4n) is 4.38. The van der Waals surface area contributed by atoms with Crippen LogP contribution in [0.5, 0.6) is 0 Å². The van der Waals surface area contributed by atoms with Crippen molar-refractivity contribution in [2.24, 2.45) is 0 Å². The highest BCUT2D eigenvalue weighted by atomic mass is 16.3. The van der Waals surface area contributed by atoms with Gasteiger partial charge in [0.1, 0.15) is 0 Å². The molecule has 0 amide bonds. The molecule has 0 radical (unpaired) electrons. The van der Waals surface area contributed by atoms with Crippen molar-refractivity contribution in [3.05, 3.63) is 48.6 Å². The van der Waals surface area contributed by atoms with Gasteiger partial charge in [-0.1, -0.05) is 101 Å². The molecule has 0 aromatic carbocycles. The Hall–Kier alpha value is -1.24. The first kappa shape index (κ1) is 38.8. The molecule has 0 fully saturated rings. The van der Waals surface area contributed by atoms with E-state index < -0.39 is 0 Å². The van der Waals surface area contributed by atoms with Crippen LogP contribution in [0.1, 0.15) is 117 Å². The van der Waals surface area contributed by atoms with Gasteiger partial charge in [-0.15, -0.1) is 0 Å². The third-order valence-corrected chi connectivity index (χ3v) is 7.04. The average Bonchev–Trinajstić information content (AvgIpc) is 2.95. The Kier molecular flexibility index (Phi) is 31.3. The summed E-state index contributed by atoms with van der Waals surface area (Å²) in [5.41, 5.74) is 0. The van der Waals surface area contributed by atoms with E-state index in [4.69, 9.17) is 0 Å². The minimum atomic E-state index is -0.248. The van der Waals surface area contributed by atoms with Gasteiger partial charge in [-0.3, -0.25) is 0 Å². The highest BCUT2D eigenvalue weighted by Crippen LogP contribution is 2.08. The molecule has 2 atom stereocenters. The van der Waals surface area contributed by atoms with Gasteiger partial charge in [0.25, 0.3) is 0 Å². The standard InChI is InChI=1S/C35H67N3O2/c1-4-6-8-10-12-14-16-18-20-22-24-26-34(39)32-36-28-30-38(3)31-29-37-33-35(40)27-25-23-21-19-17-15-13-11-9-7-5-2/h8-11,14-17,34-37,39-40H,4-7,12-13,18-33H2,1-3H3/b10-8-,11-9-,16-14-,17-15-. The van der Waals surface area contributed by atoms with Crippen molar-refractivity contribution in [3.8, 4) is 0 Å². The molecule has 234 valence electrons. The van der Waals surface area contributed by atoms with Gasteiger partial charge < -0.3 is 25.7 Å². The van der Waals surface area contributed by atoms with E-state index >= 15 is 0 Å². The van der Waals surface area contributed by atoms with Crippen LogP contribution in [0.25, 0.3) is 0 Å². The van der Waals surface area contributed by atoms with Crippen molar-refractivity contribution in [1.82, 2.24) is 15.5 Å². The number of allylic oxidation sites excluding steroid dienone is 8. The Morgan fingerprint density at radius 2 is 0.950 bits per heavy atom. The van der Waals surface area contributed by atoms with E-state index in [2.05, 4.69) is 85.0 Å². The van der Waals surface area contributed by atoms with Gasteiger partial charge in [0.2, 0.25) is 0 Å². The van der Waals surface area contributed by atoms with Crippen LogP contribution >= 0.6 is 0 Å². The Morgan fingerprint density at radius 1 is 0.550 bits per heavy atom. The van der Waals surface area contributed by atoms with Crippen LogP contribution in [0.3, 0.4) is 0 Å². The lowest BCUT2D eigenvalue weighted by Crippen LogP contribution is -2.38. The van der Waals surface area contributed by atoms with Gasteiger partial charge in [0.15, 0.2) is 0 Å². The van der Waals surface area contributed by atoms with Crippen LogP contribution in [-0.4, -0.2) is 73.6 Å². The SMILES string of the molecule is CCC/C=C\C/C=C\CCCCCC(O)CNCCN(C)CCNCC(O)CCCCC/C=C\C/C=C\CCC. The summed E-state index contributed by atoms with van der Waals surface area (Å²) in [6, 6.07) is 0. The molecule has 0 bridgehead atoms. The van der Waals surface area contributed by atoms with E-state index in [0.29, 0.717) is 13.1 Å². The number of hydrogen-bond donors (Lipinski definition) is 4. The summed E-state index contributed by atoms with van der Waals surface area (Å²) >= 11 is 0. The summed E-state index contributed by atoms with van der Waals surface area (Å²) in [5, 5.41) is 27.2. The van der Waals surface area contributed by atoms with Gasteiger partial charge in [-0.2, -0.15) is 0 Å². The molecular formula is C35H67N3O2. The van der Waals surface area contributed by atoms with Crippen molar-refractivity contribution in [3.63, 3.8) is 0 Å². The first-order valence-electron chi connectivity index (χ1n) is 16.7. The second-order valence-electron chi connectivity index (χ2n) is 11.2. The summed E-state index contributed by atoms with van der Waals surface area (Å²) in [7, 11) is 2.13. The van der Waals surface area contributed by atoms with E-state index in [1.807, 2.05) is 0 Å². The summed E-state index contributed by atoms with van der Waals surface area (Å²) in [6.45, 7) is 9.46. The van der Waals surface area contributed by atoms with Crippen molar-refractivity contribution >= 4 is 0 Å². The molecule has 2 unspecified atom stereocenters. The lowest BCUT2D eigenvalue weighted by Gasteiger charge is -2.19. The number of nitrogens with zero attached hydrogens (tertiary/aromatic N) is 1. The van der Waals surface area contributed by atoms with E-state index in [-0.39, 0.29) is 12.2 Å². The molecule has 40 heavy (non-hydrogen) atoms. The van der Waals surface area contributed by atoms with Crippen LogP contribution in [-0.2, 0) is 0 Å². The monoisotopic (exact) mass is 562 g/mol. The minimum Gasteiger partial charge on any atom is -0.392 e. The molecule has 0 aliphatic carbocycles. The van der Waals surface area contributed by atoms with Gasteiger partial charge in [0, 0.05) is 39.3 Å². The molecule has 5 nitrogen and oxygen atoms in total. The average molecular weight is 562 g/mol. The Bertz CT molecular complexity index is 566. The highest BCUT2D eigenvalue weighted by Gasteiger charge is 2.05. The maximum Gasteiger partial charge on any atom is 0.0664 e. The molecule has 0 aliphatic heterocycles. The quantitative estimate of drug-likeness (QED) is 0.0546. The Balaban J connectivity index is 3.48. The van der Waals surface area contributed by atoms with Crippen molar-refractivity contribution < 1.29 is 10.2 Å². The highest BCUT2D eigenvalue weighted by molar-refractivity contribution is 4.93. The largest absolute Gasteiger partial charge is 0.392 e. The predicted octanol–water partition coefficient (Wildman–Crippen LogP) is 7.33. The second-order valence-corrected chi connectivity index (χ2v) is 11.2. The molecule has 5 heteroatoms. The lowest BCUT2D eigenvalue weighted by molar-refractivity contribution is 0.155. The fourth-order valence-corrected chi connectivity index (χ4v) is 4.38. The van der Waals surface area contributed by atoms with Crippen molar-refractivity contribution in [1.29, 1.82) is 0 Å². The van der Waals surface area contributed by atoms with E-state index in [9.17, 15) is 10.2 Å². The maximum absolute atomic E-state index is 10.2. The molecule has 0 rings (SSSR count). The molecule has 0 saturated carbocycles. The number of likely N-dealkylation sites (N-methyl/N-ethyl adjacent to an activating group) is 1. The number of rotatable bonds is 30.